The second kappa shape index (κ2) is 13.2. The van der Waals surface area contributed by atoms with E-state index in [1.807, 2.05) is 48.5 Å². The summed E-state index contributed by atoms with van der Waals surface area (Å²) in [6, 6.07) is 1.32. The van der Waals surface area contributed by atoms with Crippen LogP contribution in [0.25, 0.3) is 0 Å². The van der Waals surface area contributed by atoms with Gasteiger partial charge >= 0.3 is 18.2 Å². The van der Waals surface area contributed by atoms with Crippen molar-refractivity contribution in [1.29, 1.82) is 0 Å². The topological polar surface area (TPSA) is 117 Å². The van der Waals surface area contributed by atoms with Crippen molar-refractivity contribution in [2.45, 2.75) is 111 Å². The number of carbonyl (C=O) groups is 4. The van der Waals surface area contributed by atoms with Crippen molar-refractivity contribution in [3.05, 3.63) is 15.8 Å². The van der Waals surface area contributed by atoms with E-state index in [-0.39, 0.29) is 35.2 Å². The fraction of sp³-hybridized carbons (Fsp3) is 0.706. The molecule has 45 heavy (non-hydrogen) atoms. The van der Waals surface area contributed by atoms with Crippen molar-refractivity contribution < 1.29 is 33.8 Å². The lowest BCUT2D eigenvalue weighted by atomic mass is 9.82. The van der Waals surface area contributed by atoms with E-state index < -0.39 is 35.4 Å². The predicted molar refractivity (Wildman–Crippen MR) is 174 cm³/mol. The van der Waals surface area contributed by atoms with E-state index in [1.165, 1.54) is 0 Å². The maximum atomic E-state index is 14.2. The number of rotatable bonds is 5. The summed E-state index contributed by atoms with van der Waals surface area (Å²) in [6.45, 7) is 16.6. The van der Waals surface area contributed by atoms with Gasteiger partial charge in [-0.05, 0) is 92.6 Å². The van der Waals surface area contributed by atoms with Gasteiger partial charge in [0, 0.05) is 37.4 Å². The Kier molecular flexibility index (Phi) is 10.2. The van der Waals surface area contributed by atoms with Gasteiger partial charge in [-0.2, -0.15) is 0 Å². The van der Waals surface area contributed by atoms with E-state index in [1.54, 1.807) is 20.8 Å². The zero-order valence-electron chi connectivity index (χ0n) is 28.0. The van der Waals surface area contributed by atoms with Gasteiger partial charge < -0.3 is 29.3 Å². The first kappa shape index (κ1) is 34.6. The number of anilines is 1. The molecule has 0 radical (unpaired) electrons. The van der Waals surface area contributed by atoms with Crippen LogP contribution in [0.3, 0.4) is 0 Å². The highest BCUT2D eigenvalue weighted by Gasteiger charge is 2.44. The molecule has 2 aliphatic heterocycles. The Hall–Kier alpha value is -3.26. The van der Waals surface area contributed by atoms with Crippen LogP contribution in [-0.2, 0) is 14.3 Å². The molecule has 0 bridgehead atoms. The second-order valence-electron chi connectivity index (χ2n) is 15.2. The highest BCUT2D eigenvalue weighted by Crippen LogP contribution is 2.38. The van der Waals surface area contributed by atoms with Crippen molar-refractivity contribution in [2.24, 2.45) is 17.3 Å². The molecular weight excluding hydrogens is 594 g/mol. The van der Waals surface area contributed by atoms with Crippen molar-refractivity contribution >= 4 is 41.1 Å². The molecule has 1 unspecified atom stereocenters. The molecule has 0 spiro atoms. The van der Waals surface area contributed by atoms with Gasteiger partial charge in [-0.25, -0.2) is 14.4 Å². The van der Waals surface area contributed by atoms with Crippen molar-refractivity contribution in [3.8, 4) is 11.8 Å². The van der Waals surface area contributed by atoms with Crippen molar-refractivity contribution in [1.82, 2.24) is 9.80 Å². The maximum Gasteiger partial charge on any atom is 0.410 e. The van der Waals surface area contributed by atoms with Gasteiger partial charge in [-0.1, -0.05) is 18.8 Å². The summed E-state index contributed by atoms with van der Waals surface area (Å²) in [6.07, 6.45) is 3.43. The quantitative estimate of drug-likeness (QED) is 0.359. The standard InChI is InChI=1S/C34H49N3O7S/c1-22-9-11-23(12-10-22)28(38)37(26-19-25(13-15-32(2,3)4)45-27(26)29(39)40)24-14-17-35(20-24)30(41)44-34(8)16-18-36(21-34)31(42)43-33(5,6)7/h19,22-24H,9-12,14,16-18,20-21H2,1-8H3,(H,39,40)/t22?,23?,24?,34-/m0/s1. The predicted octanol–water partition coefficient (Wildman–Crippen LogP) is 6.61. The average Bonchev–Trinajstić information content (AvgIpc) is 3.66. The largest absolute Gasteiger partial charge is 0.477 e. The van der Waals surface area contributed by atoms with Crippen LogP contribution in [0.15, 0.2) is 6.07 Å². The summed E-state index contributed by atoms with van der Waals surface area (Å²) >= 11 is 1.08. The van der Waals surface area contributed by atoms with Crippen molar-refractivity contribution in [2.75, 3.05) is 31.1 Å². The number of ether oxygens (including phenoxy) is 2. The number of thiophene rings is 1. The number of carboxylic acid groups (broad SMARTS) is 1. The molecule has 0 aromatic carbocycles. The minimum absolute atomic E-state index is 0.0764. The van der Waals surface area contributed by atoms with Gasteiger partial charge in [0.1, 0.15) is 16.1 Å². The molecule has 2 atom stereocenters. The SMILES string of the molecule is CC1CCC(C(=O)N(c2cc(C#CC(C)(C)C)sc2C(=O)O)C2CCN(C(=O)O[C@@]3(C)CCN(C(=O)OC(C)(C)C)C3)C2)CC1. The summed E-state index contributed by atoms with van der Waals surface area (Å²) in [5.41, 5.74) is -1.41. The molecule has 1 aromatic rings. The Morgan fingerprint density at radius 2 is 1.67 bits per heavy atom. The average molecular weight is 644 g/mol. The smallest absolute Gasteiger partial charge is 0.410 e. The third-order valence-corrected chi connectivity index (χ3v) is 9.57. The summed E-state index contributed by atoms with van der Waals surface area (Å²) in [5, 5.41) is 10.2. The third kappa shape index (κ3) is 8.93. The molecule has 11 heteroatoms. The summed E-state index contributed by atoms with van der Waals surface area (Å²) in [4.78, 5) is 58.2. The number of aromatic carboxylic acids is 1. The Balaban J connectivity index is 1.54. The lowest BCUT2D eigenvalue weighted by Crippen LogP contribution is -2.47. The Labute approximate surface area is 271 Å². The van der Waals surface area contributed by atoms with E-state index in [0.717, 1.165) is 37.0 Å². The molecule has 10 nitrogen and oxygen atoms in total. The number of hydrogen-bond acceptors (Lipinski definition) is 7. The lowest BCUT2D eigenvalue weighted by molar-refractivity contribution is -0.124. The Bertz CT molecular complexity index is 1360. The summed E-state index contributed by atoms with van der Waals surface area (Å²) in [5.74, 6) is 5.43. The maximum absolute atomic E-state index is 14.2. The number of likely N-dealkylation sites (tertiary alicyclic amines) is 2. The molecule has 2 saturated heterocycles. The number of amides is 3. The van der Waals surface area contributed by atoms with Gasteiger partial charge in [0.25, 0.3) is 0 Å². The second-order valence-corrected chi connectivity index (χ2v) is 16.2. The zero-order chi connectivity index (χ0) is 33.3. The fourth-order valence-electron chi connectivity index (χ4n) is 6.12. The minimum atomic E-state index is -1.10. The van der Waals surface area contributed by atoms with E-state index >= 15 is 0 Å². The number of hydrogen-bond donors (Lipinski definition) is 1. The first-order valence-electron chi connectivity index (χ1n) is 16.0. The normalized spacial score (nSPS) is 25.4. The van der Waals surface area contributed by atoms with Crippen LogP contribution in [0.5, 0.6) is 0 Å². The van der Waals surface area contributed by atoms with Gasteiger partial charge in [-0.3, -0.25) is 4.79 Å². The molecule has 248 valence electrons. The first-order chi connectivity index (χ1) is 20.8. The molecule has 1 saturated carbocycles. The Morgan fingerprint density at radius 1 is 1.00 bits per heavy atom. The lowest BCUT2D eigenvalue weighted by Gasteiger charge is -2.35. The van der Waals surface area contributed by atoms with E-state index in [9.17, 15) is 24.3 Å². The molecule has 1 aliphatic carbocycles. The van der Waals surface area contributed by atoms with E-state index in [2.05, 4.69) is 18.8 Å². The van der Waals surface area contributed by atoms with Crippen LogP contribution >= 0.6 is 11.3 Å². The third-order valence-electron chi connectivity index (χ3n) is 8.54. The molecule has 3 fully saturated rings. The Morgan fingerprint density at radius 3 is 2.27 bits per heavy atom. The van der Waals surface area contributed by atoms with Gasteiger partial charge in [0.05, 0.1) is 23.2 Å². The van der Waals surface area contributed by atoms with Crippen LogP contribution in [0.4, 0.5) is 15.3 Å². The van der Waals surface area contributed by atoms with E-state index in [0.29, 0.717) is 42.4 Å². The monoisotopic (exact) mass is 643 g/mol. The van der Waals surface area contributed by atoms with Crippen LogP contribution in [-0.4, -0.2) is 82.4 Å². The van der Waals surface area contributed by atoms with Gasteiger partial charge in [-0.15, -0.1) is 11.3 Å². The molecule has 3 aliphatic rings. The molecular formula is C34H49N3O7S. The highest BCUT2D eigenvalue weighted by molar-refractivity contribution is 7.15. The summed E-state index contributed by atoms with van der Waals surface area (Å²) < 4.78 is 11.5. The summed E-state index contributed by atoms with van der Waals surface area (Å²) in [7, 11) is 0. The first-order valence-corrected chi connectivity index (χ1v) is 16.8. The molecule has 4 rings (SSSR count). The van der Waals surface area contributed by atoms with Crippen molar-refractivity contribution in [3.63, 3.8) is 0 Å². The van der Waals surface area contributed by atoms with Gasteiger partial charge in [0.15, 0.2) is 0 Å². The molecule has 3 heterocycles. The molecule has 3 amide bonds. The molecule has 1 N–H and O–H groups in total. The minimum Gasteiger partial charge on any atom is -0.477 e. The van der Waals surface area contributed by atoms with Crippen LogP contribution < -0.4 is 4.90 Å². The van der Waals surface area contributed by atoms with Crippen LogP contribution in [0.2, 0.25) is 0 Å². The zero-order valence-corrected chi connectivity index (χ0v) is 28.8. The number of nitrogens with zero attached hydrogens (tertiary/aromatic N) is 3. The van der Waals surface area contributed by atoms with E-state index in [4.69, 9.17) is 9.47 Å². The van der Waals surface area contributed by atoms with Gasteiger partial charge in [0.2, 0.25) is 5.91 Å². The van der Waals surface area contributed by atoms with Crippen LogP contribution in [0.1, 0.15) is 108 Å². The highest BCUT2D eigenvalue weighted by atomic mass is 32.1. The van der Waals surface area contributed by atoms with Crippen LogP contribution in [0, 0.1) is 29.1 Å². The fourth-order valence-corrected chi connectivity index (χ4v) is 6.96. The number of carboxylic acids is 1. The molecule has 1 aromatic heterocycles. The number of carbonyl (C=O) groups excluding carboxylic acids is 3.